The molecule has 2 N–H and O–H groups in total. The predicted molar refractivity (Wildman–Crippen MR) is 196 cm³/mol. The van der Waals surface area contributed by atoms with E-state index in [1.54, 1.807) is 0 Å². The molecule has 6 nitrogen and oxygen atoms in total. The Morgan fingerprint density at radius 1 is 0.583 bits per heavy atom. The van der Waals surface area contributed by atoms with Crippen LogP contribution < -0.4 is 5.46 Å². The number of hydrogen-bond acceptors (Lipinski definition) is 4. The Kier molecular flexibility index (Phi) is 7.09. The molecular weight excluding hydrogens is 593 g/mol. The van der Waals surface area contributed by atoms with Crippen molar-refractivity contribution in [2.45, 2.75) is 52.7 Å². The predicted octanol–water partition coefficient (Wildman–Crippen LogP) is 8.38. The van der Waals surface area contributed by atoms with Gasteiger partial charge in [0.25, 0.3) is 0 Å². The van der Waals surface area contributed by atoms with E-state index >= 15 is 0 Å². The lowest BCUT2D eigenvalue weighted by Crippen LogP contribution is -2.44. The van der Waals surface area contributed by atoms with Gasteiger partial charge in [0.15, 0.2) is 17.5 Å². The molecule has 0 radical (unpaired) electrons. The molecular formula is C41H38BN3O3+2. The maximum Gasteiger partial charge on any atom is 0.951 e. The largest absolute Gasteiger partial charge is 0.951 e. The van der Waals surface area contributed by atoms with Crippen LogP contribution >= 0.6 is 0 Å². The van der Waals surface area contributed by atoms with Gasteiger partial charge >= 0.3 is 7.12 Å². The second-order valence-corrected chi connectivity index (χ2v) is 13.9. The molecule has 48 heavy (non-hydrogen) atoms. The summed E-state index contributed by atoms with van der Waals surface area (Å²) in [6.07, 6.45) is 0. The number of hydrogen-bond donors (Lipinski definition) is 0. The highest BCUT2D eigenvalue weighted by Gasteiger charge is 2.67. The number of aliphatic hydroxyl groups is 2. The third-order valence-electron chi connectivity index (χ3n) is 9.87. The van der Waals surface area contributed by atoms with Crippen LogP contribution in [0.3, 0.4) is 0 Å². The minimum Gasteiger partial charge on any atom is -0.456 e. The highest BCUT2D eigenvalue weighted by Crippen LogP contribution is 2.39. The van der Waals surface area contributed by atoms with Crippen LogP contribution in [0, 0.1) is 13.8 Å². The summed E-state index contributed by atoms with van der Waals surface area (Å²) >= 11 is 0. The van der Waals surface area contributed by atoms with Gasteiger partial charge in [-0.2, -0.15) is 0 Å². The number of fused-ring (bicyclic) bond motifs is 3. The number of aryl methyl sites for hydroxylation is 2. The number of nitrogens with zero attached hydrogens (tertiary/aromatic N) is 3. The molecule has 5 aromatic carbocycles. The van der Waals surface area contributed by atoms with E-state index in [9.17, 15) is 0 Å². The van der Waals surface area contributed by atoms with E-state index in [4.69, 9.17) is 28.7 Å². The molecule has 0 spiro atoms. The highest BCUT2D eigenvalue weighted by molar-refractivity contribution is 6.61. The van der Waals surface area contributed by atoms with Crippen LogP contribution in [-0.2, 0) is 0 Å². The number of furan rings is 1. The molecule has 2 aromatic heterocycles. The van der Waals surface area contributed by atoms with Crippen molar-refractivity contribution in [1.82, 2.24) is 15.0 Å². The fraction of sp³-hybridized carbons (Fsp3) is 0.195. The van der Waals surface area contributed by atoms with E-state index in [1.165, 1.54) is 0 Å². The van der Waals surface area contributed by atoms with Gasteiger partial charge in [-0.3, -0.25) is 0 Å². The molecule has 7 aromatic rings. The van der Waals surface area contributed by atoms with Crippen molar-refractivity contribution in [3.05, 3.63) is 120 Å². The van der Waals surface area contributed by atoms with Gasteiger partial charge in [0.1, 0.15) is 16.6 Å². The molecule has 236 valence electrons. The maximum absolute atomic E-state index is 6.52. The van der Waals surface area contributed by atoms with Gasteiger partial charge in [-0.25, -0.2) is 15.0 Å². The van der Waals surface area contributed by atoms with E-state index in [0.29, 0.717) is 17.5 Å². The van der Waals surface area contributed by atoms with Gasteiger partial charge in [0, 0.05) is 55.2 Å². The summed E-state index contributed by atoms with van der Waals surface area (Å²) in [4.78, 5) is 15.3. The molecule has 8 rings (SSSR count). The van der Waals surface area contributed by atoms with Gasteiger partial charge < -0.3 is 13.7 Å². The average molecular weight is 632 g/mol. The van der Waals surface area contributed by atoms with Crippen molar-refractivity contribution < 1.29 is 13.7 Å². The van der Waals surface area contributed by atoms with E-state index in [-0.39, 0.29) is 18.3 Å². The van der Waals surface area contributed by atoms with Gasteiger partial charge in [0.2, 0.25) is 11.2 Å². The zero-order chi connectivity index (χ0) is 33.2. The third-order valence-corrected chi connectivity index (χ3v) is 9.87. The first kappa shape index (κ1) is 30.2. The Labute approximate surface area is 281 Å². The topological polar surface area (TPSA) is 77.4 Å². The van der Waals surface area contributed by atoms with Crippen molar-refractivity contribution in [2.24, 2.45) is 0 Å². The molecule has 3 heterocycles. The van der Waals surface area contributed by atoms with Gasteiger partial charge in [-0.1, -0.05) is 84.4 Å². The lowest BCUT2D eigenvalue weighted by molar-refractivity contribution is -0.107. The molecule has 0 bridgehead atoms. The van der Waals surface area contributed by atoms with Crippen LogP contribution in [0.1, 0.15) is 38.8 Å². The lowest BCUT2D eigenvalue weighted by Gasteiger charge is -2.23. The van der Waals surface area contributed by atoms with E-state index in [1.807, 2.05) is 24.3 Å². The van der Waals surface area contributed by atoms with Crippen LogP contribution in [0.25, 0.3) is 67.2 Å². The summed E-state index contributed by atoms with van der Waals surface area (Å²) in [6, 6.07) is 37.5. The van der Waals surface area contributed by atoms with Crippen molar-refractivity contribution in [3.8, 4) is 45.3 Å². The molecule has 0 unspecified atom stereocenters. The Morgan fingerprint density at radius 3 is 1.90 bits per heavy atom. The molecule has 1 aliphatic rings. The van der Waals surface area contributed by atoms with Crippen molar-refractivity contribution in [3.63, 3.8) is 0 Å². The standard InChI is InChI=1S/C41H36BN3O3/c1-25-13-10-17-29(21-25)37-43-38(30-18-11-16-28(23-30)27-14-8-7-9-15-27)45-39(44-37)32-19-12-20-34-35(32)33-24-31(22-26(2)36(33)46-34)42-47-40(3,4)41(5,6)48-42/h7-24H,1-6H3/p+2. The minimum atomic E-state index is -0.268. The van der Waals surface area contributed by atoms with Crippen LogP contribution in [0.4, 0.5) is 0 Å². The number of rotatable bonds is 5. The quantitative estimate of drug-likeness (QED) is 0.141. The second kappa shape index (κ2) is 11.3. The Morgan fingerprint density at radius 2 is 1.19 bits per heavy atom. The van der Waals surface area contributed by atoms with Gasteiger partial charge in [-0.05, 0) is 60.9 Å². The minimum absolute atomic E-state index is 0.246. The third kappa shape index (κ3) is 5.20. The molecule has 0 atom stereocenters. The van der Waals surface area contributed by atoms with Crippen molar-refractivity contribution in [1.29, 1.82) is 0 Å². The molecule has 0 aliphatic carbocycles. The lowest BCUT2D eigenvalue weighted by atomic mass is 9.77. The fourth-order valence-corrected chi connectivity index (χ4v) is 6.57. The van der Waals surface area contributed by atoms with Crippen LogP contribution in [0.15, 0.2) is 114 Å². The average Bonchev–Trinajstić information content (AvgIpc) is 3.58. The SMILES string of the molecule is Cc1cccc(-c2nc(-c3cccc(-c4ccccc4)c3)nc(-c3cccc4oc5c(C)cc(B6[OH+]C(C)(C)C(C)(C)[OH+]6)cc5c34)n2)c1. The Bertz CT molecular complexity index is 2330. The van der Waals surface area contributed by atoms with Crippen LogP contribution in [-0.4, -0.2) is 42.6 Å². The van der Waals surface area contributed by atoms with E-state index in [0.717, 1.165) is 66.3 Å². The molecule has 1 saturated heterocycles. The monoisotopic (exact) mass is 631 g/mol. The van der Waals surface area contributed by atoms with Crippen LogP contribution in [0.2, 0.25) is 0 Å². The molecule has 0 saturated carbocycles. The van der Waals surface area contributed by atoms with E-state index < -0.39 is 0 Å². The summed E-state index contributed by atoms with van der Waals surface area (Å²) in [7, 11) is -0.246. The smallest absolute Gasteiger partial charge is 0.456 e. The summed E-state index contributed by atoms with van der Waals surface area (Å²) in [5.74, 6) is 1.83. The zero-order valence-electron chi connectivity index (χ0n) is 28.1. The Balaban J connectivity index is 1.33. The van der Waals surface area contributed by atoms with Crippen LogP contribution in [0.5, 0.6) is 0 Å². The normalized spacial score (nSPS) is 15.4. The fourth-order valence-electron chi connectivity index (χ4n) is 6.57. The summed E-state index contributed by atoms with van der Waals surface area (Å²) < 4.78 is 16.8. The summed E-state index contributed by atoms with van der Waals surface area (Å²) in [5.41, 5.74) is 9.34. The first-order valence-electron chi connectivity index (χ1n) is 16.5. The van der Waals surface area contributed by atoms with Crippen molar-refractivity contribution in [2.75, 3.05) is 0 Å². The zero-order valence-corrected chi connectivity index (χ0v) is 28.1. The molecule has 1 aliphatic heterocycles. The highest BCUT2D eigenvalue weighted by atomic mass is 16.7. The number of benzene rings is 5. The second-order valence-electron chi connectivity index (χ2n) is 13.9. The Hall–Kier alpha value is -5.11. The van der Waals surface area contributed by atoms with E-state index in [2.05, 4.69) is 126 Å². The van der Waals surface area contributed by atoms with Crippen molar-refractivity contribution >= 4 is 34.5 Å². The molecule has 7 heteroatoms. The van der Waals surface area contributed by atoms with Gasteiger partial charge in [-0.15, -0.1) is 0 Å². The molecule has 0 amide bonds. The molecule has 1 fully saturated rings. The summed E-state index contributed by atoms with van der Waals surface area (Å²) in [5, 5.41) is 1.98. The first-order chi connectivity index (χ1) is 23.1. The maximum atomic E-state index is 6.52. The summed E-state index contributed by atoms with van der Waals surface area (Å²) in [6.45, 7) is 12.8. The van der Waals surface area contributed by atoms with Gasteiger partial charge in [0.05, 0.1) is 0 Å². The number of aromatic nitrogens is 3. The first-order valence-corrected chi connectivity index (χ1v) is 16.5.